The quantitative estimate of drug-likeness (QED) is 0.704. The molecule has 2 heterocycles. The van der Waals surface area contributed by atoms with E-state index in [1.54, 1.807) is 61.4 Å². The zero-order valence-electron chi connectivity index (χ0n) is 15.4. The monoisotopic (exact) mass is 384 g/mol. The van der Waals surface area contributed by atoms with E-state index in [1.165, 1.54) is 0 Å². The summed E-state index contributed by atoms with van der Waals surface area (Å²) in [6, 6.07) is 8.90. The third-order valence-corrected chi connectivity index (χ3v) is 4.27. The lowest BCUT2D eigenvalue weighted by molar-refractivity contribution is -0.134. The Kier molecular flexibility index (Phi) is 5.46. The molecule has 6 nitrogen and oxygen atoms in total. The molecule has 0 bridgehead atoms. The largest absolute Gasteiger partial charge is 0.478 e. The van der Waals surface area contributed by atoms with Crippen molar-refractivity contribution in [3.05, 3.63) is 65.7 Å². The third kappa shape index (κ3) is 4.86. The van der Waals surface area contributed by atoms with E-state index in [2.05, 4.69) is 15.4 Å². The van der Waals surface area contributed by atoms with Crippen LogP contribution in [-0.2, 0) is 18.4 Å². The van der Waals surface area contributed by atoms with Gasteiger partial charge in [0, 0.05) is 48.3 Å². The van der Waals surface area contributed by atoms with Crippen LogP contribution in [0.2, 0.25) is 5.02 Å². The van der Waals surface area contributed by atoms with Gasteiger partial charge in [0.2, 0.25) is 0 Å². The Balaban J connectivity index is 1.63. The van der Waals surface area contributed by atoms with E-state index < -0.39 is 5.60 Å². The fourth-order valence-electron chi connectivity index (χ4n) is 2.55. The molecule has 0 atom stereocenters. The van der Waals surface area contributed by atoms with Crippen LogP contribution in [0, 0.1) is 0 Å². The van der Waals surface area contributed by atoms with Crippen molar-refractivity contribution in [1.82, 2.24) is 20.1 Å². The normalized spacial score (nSPS) is 11.3. The highest BCUT2D eigenvalue weighted by atomic mass is 35.5. The Morgan fingerprint density at radius 2 is 1.93 bits per heavy atom. The molecular weight excluding hydrogens is 364 g/mol. The van der Waals surface area contributed by atoms with Gasteiger partial charge in [-0.2, -0.15) is 5.10 Å². The maximum absolute atomic E-state index is 12.6. The summed E-state index contributed by atoms with van der Waals surface area (Å²) in [5, 5.41) is 7.69. The van der Waals surface area contributed by atoms with Crippen LogP contribution in [0.3, 0.4) is 0 Å². The molecule has 0 fully saturated rings. The fourth-order valence-corrected chi connectivity index (χ4v) is 2.68. The molecule has 0 aliphatic carbocycles. The first-order valence-corrected chi connectivity index (χ1v) is 8.87. The maximum atomic E-state index is 12.6. The van der Waals surface area contributed by atoms with Gasteiger partial charge in [-0.15, -0.1) is 0 Å². The number of halogens is 1. The zero-order chi connectivity index (χ0) is 19.4. The molecule has 3 aromatic rings. The van der Waals surface area contributed by atoms with Crippen molar-refractivity contribution in [2.75, 3.05) is 0 Å². The summed E-state index contributed by atoms with van der Waals surface area (Å²) in [6.07, 6.45) is 7.20. The molecule has 140 valence electrons. The van der Waals surface area contributed by atoms with Gasteiger partial charge in [-0.25, -0.2) is 0 Å². The number of benzene rings is 1. The molecule has 1 amide bonds. The van der Waals surface area contributed by atoms with Crippen LogP contribution in [0.25, 0.3) is 11.1 Å². The van der Waals surface area contributed by atoms with Gasteiger partial charge in [0.05, 0.1) is 6.20 Å². The van der Waals surface area contributed by atoms with E-state index in [0.717, 1.165) is 16.7 Å². The van der Waals surface area contributed by atoms with Gasteiger partial charge < -0.3 is 10.1 Å². The molecule has 2 aromatic heterocycles. The Labute approximate surface area is 163 Å². The number of nitrogens with one attached hydrogen (secondary N) is 1. The van der Waals surface area contributed by atoms with Crippen LogP contribution in [0.5, 0.6) is 5.75 Å². The molecule has 27 heavy (non-hydrogen) atoms. The van der Waals surface area contributed by atoms with Crippen molar-refractivity contribution in [2.45, 2.75) is 26.0 Å². The number of ether oxygens (including phenoxy) is 1. The van der Waals surface area contributed by atoms with Crippen molar-refractivity contribution in [3.63, 3.8) is 0 Å². The number of hydrogen-bond donors (Lipinski definition) is 1. The van der Waals surface area contributed by atoms with Crippen molar-refractivity contribution < 1.29 is 9.53 Å². The maximum Gasteiger partial charge on any atom is 0.263 e. The van der Waals surface area contributed by atoms with Crippen LogP contribution in [0.4, 0.5) is 0 Å². The van der Waals surface area contributed by atoms with E-state index in [-0.39, 0.29) is 5.91 Å². The van der Waals surface area contributed by atoms with Crippen LogP contribution < -0.4 is 10.1 Å². The minimum absolute atomic E-state index is 0.218. The first-order valence-electron chi connectivity index (χ1n) is 8.49. The minimum atomic E-state index is -1.03. The molecule has 1 N–H and O–H groups in total. The Bertz CT molecular complexity index is 935. The number of hydrogen-bond acceptors (Lipinski definition) is 4. The van der Waals surface area contributed by atoms with Gasteiger partial charge in [0.15, 0.2) is 5.60 Å². The van der Waals surface area contributed by atoms with Crippen LogP contribution in [-0.4, -0.2) is 26.3 Å². The van der Waals surface area contributed by atoms with E-state index in [4.69, 9.17) is 16.3 Å². The Morgan fingerprint density at radius 1 is 1.19 bits per heavy atom. The lowest BCUT2D eigenvalue weighted by Gasteiger charge is -2.25. The fraction of sp³-hybridized carbons (Fsp3) is 0.250. The molecule has 0 aliphatic heterocycles. The van der Waals surface area contributed by atoms with Crippen LogP contribution in [0.1, 0.15) is 19.4 Å². The van der Waals surface area contributed by atoms with Crippen molar-refractivity contribution in [2.24, 2.45) is 7.05 Å². The molecule has 0 radical (unpaired) electrons. The molecule has 0 saturated heterocycles. The number of rotatable bonds is 6. The van der Waals surface area contributed by atoms with Crippen molar-refractivity contribution >= 4 is 17.5 Å². The number of pyridine rings is 1. The first-order chi connectivity index (χ1) is 12.8. The van der Waals surface area contributed by atoms with Crippen LogP contribution >= 0.6 is 11.6 Å². The SMILES string of the molecule is Cn1cc(-c2cncc(CNC(=O)C(C)(C)Oc3ccc(Cl)cc3)c2)cn1. The second kappa shape index (κ2) is 7.80. The number of carbonyl (C=O) groups is 1. The predicted octanol–water partition coefficient (Wildman–Crippen LogP) is 3.61. The number of aromatic nitrogens is 3. The highest BCUT2D eigenvalue weighted by molar-refractivity contribution is 6.30. The summed E-state index contributed by atoms with van der Waals surface area (Å²) < 4.78 is 7.54. The molecular formula is C20H21ClN4O2. The van der Waals surface area contributed by atoms with E-state index >= 15 is 0 Å². The van der Waals surface area contributed by atoms with Gasteiger partial charge in [0.25, 0.3) is 5.91 Å². The van der Waals surface area contributed by atoms with E-state index in [0.29, 0.717) is 17.3 Å². The molecule has 0 spiro atoms. The topological polar surface area (TPSA) is 69.0 Å². The average molecular weight is 385 g/mol. The van der Waals surface area contributed by atoms with E-state index in [1.807, 2.05) is 19.3 Å². The second-order valence-electron chi connectivity index (χ2n) is 6.73. The lowest BCUT2D eigenvalue weighted by atomic mass is 10.1. The third-order valence-electron chi connectivity index (χ3n) is 4.02. The van der Waals surface area contributed by atoms with Crippen molar-refractivity contribution in [1.29, 1.82) is 0 Å². The minimum Gasteiger partial charge on any atom is -0.478 e. The number of aryl methyl sites for hydroxylation is 1. The molecule has 1 aromatic carbocycles. The predicted molar refractivity (Wildman–Crippen MR) is 104 cm³/mol. The number of nitrogens with zero attached hydrogens (tertiary/aromatic N) is 3. The molecule has 0 aliphatic rings. The summed E-state index contributed by atoms with van der Waals surface area (Å²) in [6.45, 7) is 3.80. The molecule has 0 saturated carbocycles. The average Bonchev–Trinajstić information content (AvgIpc) is 3.08. The van der Waals surface area contributed by atoms with Gasteiger partial charge >= 0.3 is 0 Å². The van der Waals surface area contributed by atoms with Gasteiger partial charge in [-0.3, -0.25) is 14.5 Å². The molecule has 0 unspecified atom stereocenters. The molecule has 7 heteroatoms. The highest BCUT2D eigenvalue weighted by Crippen LogP contribution is 2.21. The van der Waals surface area contributed by atoms with Crippen LogP contribution in [0.15, 0.2) is 55.1 Å². The van der Waals surface area contributed by atoms with Gasteiger partial charge in [-0.05, 0) is 49.7 Å². The summed E-state index contributed by atoms with van der Waals surface area (Å²) in [5.41, 5.74) is 1.80. The highest BCUT2D eigenvalue weighted by Gasteiger charge is 2.29. The second-order valence-corrected chi connectivity index (χ2v) is 7.17. The molecule has 3 rings (SSSR count). The summed E-state index contributed by atoms with van der Waals surface area (Å²) >= 11 is 5.88. The standard InChI is InChI=1S/C20H21ClN4O2/c1-20(2,27-18-6-4-17(21)5-7-18)19(26)23-10-14-8-15(11-22-9-14)16-12-24-25(3)13-16/h4-9,11-13H,10H2,1-3H3,(H,23,26). The lowest BCUT2D eigenvalue weighted by Crippen LogP contribution is -2.46. The van der Waals surface area contributed by atoms with Crippen molar-refractivity contribution in [3.8, 4) is 16.9 Å². The summed E-state index contributed by atoms with van der Waals surface area (Å²) in [4.78, 5) is 16.8. The number of carbonyl (C=O) groups excluding carboxylic acids is 1. The summed E-state index contributed by atoms with van der Waals surface area (Å²) in [5.74, 6) is 0.365. The number of amides is 1. The zero-order valence-corrected chi connectivity index (χ0v) is 16.2. The Hall–Kier alpha value is -2.86. The smallest absolute Gasteiger partial charge is 0.263 e. The Morgan fingerprint density at radius 3 is 2.59 bits per heavy atom. The first kappa shape index (κ1) is 18.9. The van der Waals surface area contributed by atoms with Gasteiger partial charge in [-0.1, -0.05) is 11.6 Å². The summed E-state index contributed by atoms with van der Waals surface area (Å²) in [7, 11) is 1.86. The van der Waals surface area contributed by atoms with E-state index in [9.17, 15) is 4.79 Å². The van der Waals surface area contributed by atoms with Gasteiger partial charge in [0.1, 0.15) is 5.75 Å².